The van der Waals surface area contributed by atoms with Crippen LogP contribution >= 0.6 is 0 Å². The molecule has 1 aromatic carbocycles. The second-order valence-corrected chi connectivity index (χ2v) is 2.60. The Morgan fingerprint density at radius 1 is 1.12 bits per heavy atom. The maximum Gasteiger partial charge on any atom is 0.152 e. The summed E-state index contributed by atoms with van der Waals surface area (Å²) >= 11 is 0. The Hall–Kier alpha value is -2.75. The predicted octanol–water partition coefficient (Wildman–Crippen LogP) is 3.17. The number of allylic oxidation sites excluding steroid dienone is 1. The predicted molar refractivity (Wildman–Crippen MR) is 57.7 cm³/mol. The Morgan fingerprint density at radius 2 is 1.75 bits per heavy atom. The highest BCUT2D eigenvalue weighted by molar-refractivity contribution is 5.87. The van der Waals surface area contributed by atoms with E-state index in [2.05, 4.69) is 20.1 Å². The van der Waals surface area contributed by atoms with E-state index in [-0.39, 0.29) is 11.4 Å². The van der Waals surface area contributed by atoms with Crippen LogP contribution in [0.5, 0.6) is 0 Å². The number of rotatable bonds is 4. The molecule has 0 amide bonds. The van der Waals surface area contributed by atoms with Gasteiger partial charge in [0.1, 0.15) is 0 Å². The molecule has 1 rings (SSSR count). The fourth-order valence-corrected chi connectivity index (χ4v) is 1.07. The Kier molecular flexibility index (Phi) is 4.16. The molecule has 16 heavy (non-hydrogen) atoms. The van der Waals surface area contributed by atoms with Gasteiger partial charge in [-0.2, -0.15) is 0 Å². The molecule has 0 radical (unpaired) electrons. The van der Waals surface area contributed by atoms with Gasteiger partial charge in [-0.1, -0.05) is 40.6 Å². The Bertz CT molecular complexity index is 508. The summed E-state index contributed by atoms with van der Waals surface area (Å²) in [5.41, 5.74) is 16.9. The Morgan fingerprint density at radius 3 is 2.25 bits per heavy atom. The molecule has 1 aromatic rings. The first-order valence-corrected chi connectivity index (χ1v) is 4.18. The number of hydrogen-bond donors (Lipinski definition) is 0. The summed E-state index contributed by atoms with van der Waals surface area (Å²) in [5.74, 6) is 0. The molecule has 0 heterocycles. The van der Waals surface area contributed by atoms with Gasteiger partial charge in [-0.15, -0.1) is 0 Å². The highest BCUT2D eigenvalue weighted by Crippen LogP contribution is 2.20. The van der Waals surface area contributed by atoms with Gasteiger partial charge >= 0.3 is 0 Å². The van der Waals surface area contributed by atoms with E-state index in [1.54, 1.807) is 30.3 Å². The highest BCUT2D eigenvalue weighted by atomic mass is 16.1. The lowest BCUT2D eigenvalue weighted by molar-refractivity contribution is -0.104. The maximum atomic E-state index is 10.7. The van der Waals surface area contributed by atoms with Crippen molar-refractivity contribution in [3.63, 3.8) is 0 Å². The lowest BCUT2D eigenvalue weighted by Gasteiger charge is -2.01. The molecule has 7 heteroatoms. The molecule has 0 bridgehead atoms. The van der Waals surface area contributed by atoms with Crippen molar-refractivity contribution in [1.29, 1.82) is 0 Å². The minimum atomic E-state index is -0.244. The second kappa shape index (κ2) is 5.87. The van der Waals surface area contributed by atoms with Gasteiger partial charge in [-0.3, -0.25) is 4.79 Å². The van der Waals surface area contributed by atoms with E-state index in [0.717, 1.165) is 0 Å². The number of carbonyl (C=O) groups is 1. The first-order chi connectivity index (χ1) is 7.83. The summed E-state index contributed by atoms with van der Waals surface area (Å²) in [6.07, 6.45) is 0.344. The molecule has 0 atom stereocenters. The van der Waals surface area contributed by atoms with Gasteiger partial charge in [-0.05, 0) is 16.6 Å². The molecule has 0 aromatic heterocycles. The topological polar surface area (TPSA) is 115 Å². The molecule has 0 aliphatic heterocycles. The molecular weight excluding hydrogens is 208 g/mol. The molecule has 0 fully saturated rings. The zero-order chi connectivity index (χ0) is 11.8. The van der Waals surface area contributed by atoms with Crippen LogP contribution in [0.3, 0.4) is 0 Å². The molecular formula is C9H6N6O. The quantitative estimate of drug-likeness (QED) is 0.247. The average Bonchev–Trinajstić information content (AvgIpc) is 2.35. The van der Waals surface area contributed by atoms with Crippen LogP contribution in [0.25, 0.3) is 26.6 Å². The maximum absolute atomic E-state index is 10.7. The van der Waals surface area contributed by atoms with Crippen molar-refractivity contribution < 1.29 is 4.79 Å². The van der Waals surface area contributed by atoms with Crippen molar-refractivity contribution in [3.05, 3.63) is 62.5 Å². The molecule has 0 N–H and O–H groups in total. The third-order valence-electron chi connectivity index (χ3n) is 1.70. The van der Waals surface area contributed by atoms with E-state index in [1.165, 1.54) is 0 Å². The lowest BCUT2D eigenvalue weighted by Crippen LogP contribution is -1.87. The number of azide groups is 2. The SMILES string of the molecule is [N-]=[N+]=N/C(C=O)=C(\N=[N+]=[N-])c1ccccc1. The van der Waals surface area contributed by atoms with Crippen LogP contribution < -0.4 is 0 Å². The highest BCUT2D eigenvalue weighted by Gasteiger charge is 2.05. The van der Waals surface area contributed by atoms with Crippen LogP contribution in [0, 0.1) is 0 Å². The summed E-state index contributed by atoms with van der Waals surface area (Å²) in [4.78, 5) is 15.8. The van der Waals surface area contributed by atoms with Crippen LogP contribution in [-0.2, 0) is 4.79 Å². The van der Waals surface area contributed by atoms with Gasteiger partial charge in [0.2, 0.25) is 0 Å². The van der Waals surface area contributed by atoms with Crippen LogP contribution in [0.15, 0.2) is 46.3 Å². The van der Waals surface area contributed by atoms with Crippen molar-refractivity contribution in [3.8, 4) is 0 Å². The number of carbonyl (C=O) groups excluding carboxylic acids is 1. The van der Waals surface area contributed by atoms with Crippen LogP contribution in [0.1, 0.15) is 5.56 Å². The molecule has 0 saturated heterocycles. The minimum Gasteiger partial charge on any atom is -0.298 e. The number of nitrogens with zero attached hydrogens (tertiary/aromatic N) is 6. The number of benzene rings is 1. The first kappa shape index (κ1) is 11.3. The van der Waals surface area contributed by atoms with Gasteiger partial charge < -0.3 is 0 Å². The van der Waals surface area contributed by atoms with Gasteiger partial charge in [0.25, 0.3) is 0 Å². The second-order valence-electron chi connectivity index (χ2n) is 2.60. The average molecular weight is 214 g/mol. The zero-order valence-electron chi connectivity index (χ0n) is 8.06. The Labute approximate surface area is 90.3 Å². The lowest BCUT2D eigenvalue weighted by atomic mass is 10.1. The normalized spacial score (nSPS) is 10.5. The van der Waals surface area contributed by atoms with E-state index in [9.17, 15) is 4.79 Å². The summed E-state index contributed by atoms with van der Waals surface area (Å²) in [7, 11) is 0. The molecule has 0 spiro atoms. The molecule has 0 unspecified atom stereocenters. The van der Waals surface area contributed by atoms with Crippen LogP contribution in [0.4, 0.5) is 0 Å². The molecule has 7 nitrogen and oxygen atoms in total. The molecule has 0 saturated carbocycles. The number of hydrogen-bond acceptors (Lipinski definition) is 3. The van der Waals surface area contributed by atoms with E-state index in [1.807, 2.05) is 0 Å². The van der Waals surface area contributed by atoms with Gasteiger partial charge in [0, 0.05) is 9.82 Å². The summed E-state index contributed by atoms with van der Waals surface area (Å²) in [5, 5.41) is 6.51. The van der Waals surface area contributed by atoms with Crippen LogP contribution in [0.2, 0.25) is 0 Å². The van der Waals surface area contributed by atoms with Crippen molar-refractivity contribution in [2.75, 3.05) is 0 Å². The van der Waals surface area contributed by atoms with E-state index >= 15 is 0 Å². The molecule has 78 valence electrons. The standard InChI is InChI=1S/C9H6N6O/c10-14-12-8(6-16)9(13-15-11)7-4-2-1-3-5-7/h1-6H/b9-8-. The molecule has 0 aliphatic rings. The largest absolute Gasteiger partial charge is 0.298 e. The first-order valence-electron chi connectivity index (χ1n) is 4.18. The van der Waals surface area contributed by atoms with E-state index in [4.69, 9.17) is 11.1 Å². The summed E-state index contributed by atoms with van der Waals surface area (Å²) in [6, 6.07) is 8.47. The summed E-state index contributed by atoms with van der Waals surface area (Å²) < 4.78 is 0. The van der Waals surface area contributed by atoms with Crippen LogP contribution in [-0.4, -0.2) is 6.29 Å². The zero-order valence-corrected chi connectivity index (χ0v) is 8.06. The smallest absolute Gasteiger partial charge is 0.152 e. The molecule has 0 aliphatic carbocycles. The third-order valence-corrected chi connectivity index (χ3v) is 1.70. The monoisotopic (exact) mass is 214 g/mol. The fourth-order valence-electron chi connectivity index (χ4n) is 1.07. The van der Waals surface area contributed by atoms with Gasteiger partial charge in [0.05, 0.1) is 11.4 Å². The van der Waals surface area contributed by atoms with Gasteiger partial charge in [0.15, 0.2) is 6.29 Å². The van der Waals surface area contributed by atoms with Crippen molar-refractivity contribution in [1.82, 2.24) is 0 Å². The van der Waals surface area contributed by atoms with Crippen molar-refractivity contribution in [2.45, 2.75) is 0 Å². The number of aldehydes is 1. The Balaban J connectivity index is 3.44. The minimum absolute atomic E-state index is 0.0101. The van der Waals surface area contributed by atoms with Crippen molar-refractivity contribution >= 4 is 12.0 Å². The summed E-state index contributed by atoms with van der Waals surface area (Å²) in [6.45, 7) is 0. The van der Waals surface area contributed by atoms with Gasteiger partial charge in [-0.25, -0.2) is 0 Å². The van der Waals surface area contributed by atoms with E-state index in [0.29, 0.717) is 11.8 Å². The third kappa shape index (κ3) is 2.62. The van der Waals surface area contributed by atoms with E-state index < -0.39 is 0 Å². The van der Waals surface area contributed by atoms with Crippen molar-refractivity contribution in [2.24, 2.45) is 10.2 Å². The fraction of sp³-hybridized carbons (Fsp3) is 0.